The molecule has 0 saturated heterocycles. The lowest BCUT2D eigenvalue weighted by molar-refractivity contribution is 0.571. The molecule has 0 aromatic heterocycles. The molecule has 26 heavy (non-hydrogen) atoms. The number of hydrogen-bond donors (Lipinski definition) is 1. The van der Waals surface area contributed by atoms with Crippen LogP contribution in [0.3, 0.4) is 0 Å². The molecule has 7 heteroatoms. The zero-order valence-electron chi connectivity index (χ0n) is 14.9. The molecule has 3 rings (SSSR count). The summed E-state index contributed by atoms with van der Waals surface area (Å²) in [6, 6.07) is 12.6. The maximum Gasteiger partial charge on any atom is 0.177 e. The van der Waals surface area contributed by atoms with Crippen LogP contribution in [0.2, 0.25) is 0 Å². The standard InChI is InChI=1S/C19H23NO4S2/c1-25(21,22)16-10-11-18(19(12-16)26(2,23)24)20-13-15-8-5-7-14-6-3-4-9-17(14)15/h3-4,6,9-12,15,20H,5,7-8,13H2,1-2H3. The van der Waals surface area contributed by atoms with Crippen molar-refractivity contribution in [1.82, 2.24) is 0 Å². The van der Waals surface area contributed by atoms with Gasteiger partial charge in [-0.2, -0.15) is 0 Å². The van der Waals surface area contributed by atoms with Gasteiger partial charge in [-0.1, -0.05) is 24.3 Å². The molecule has 2 aromatic carbocycles. The van der Waals surface area contributed by atoms with Crippen molar-refractivity contribution in [3.05, 3.63) is 53.6 Å². The Bertz CT molecular complexity index is 1030. The molecule has 0 saturated carbocycles. The van der Waals surface area contributed by atoms with Crippen molar-refractivity contribution in [3.63, 3.8) is 0 Å². The van der Waals surface area contributed by atoms with Crippen LogP contribution in [0.25, 0.3) is 0 Å². The second-order valence-corrected chi connectivity index (χ2v) is 10.9. The van der Waals surface area contributed by atoms with E-state index in [0.29, 0.717) is 18.2 Å². The quantitative estimate of drug-likeness (QED) is 0.845. The van der Waals surface area contributed by atoms with Gasteiger partial charge in [0.25, 0.3) is 0 Å². The molecule has 0 fully saturated rings. The van der Waals surface area contributed by atoms with Gasteiger partial charge < -0.3 is 5.32 Å². The number of nitrogens with one attached hydrogen (secondary N) is 1. The fraction of sp³-hybridized carbons (Fsp3) is 0.368. The van der Waals surface area contributed by atoms with E-state index in [1.54, 1.807) is 6.07 Å². The molecule has 2 aromatic rings. The average molecular weight is 394 g/mol. The van der Waals surface area contributed by atoms with Crippen molar-refractivity contribution in [2.45, 2.75) is 35.0 Å². The van der Waals surface area contributed by atoms with Crippen LogP contribution in [0.4, 0.5) is 5.69 Å². The first kappa shape index (κ1) is 18.9. The molecule has 1 unspecified atom stereocenters. The van der Waals surface area contributed by atoms with Gasteiger partial charge in [0.1, 0.15) is 0 Å². The first-order valence-electron chi connectivity index (χ1n) is 8.52. The molecule has 140 valence electrons. The number of hydrogen-bond acceptors (Lipinski definition) is 5. The van der Waals surface area contributed by atoms with Gasteiger partial charge in [0.2, 0.25) is 0 Å². The van der Waals surface area contributed by atoms with Crippen LogP contribution < -0.4 is 5.32 Å². The summed E-state index contributed by atoms with van der Waals surface area (Å²) in [7, 11) is -7.03. The van der Waals surface area contributed by atoms with Crippen LogP contribution in [0.1, 0.15) is 29.9 Å². The van der Waals surface area contributed by atoms with Crippen LogP contribution >= 0.6 is 0 Å². The van der Waals surface area contributed by atoms with E-state index >= 15 is 0 Å². The second kappa shape index (κ2) is 7.04. The molecule has 0 heterocycles. The molecule has 1 aliphatic carbocycles. The van der Waals surface area contributed by atoms with Crippen LogP contribution in [0.15, 0.2) is 52.3 Å². The molecule has 0 aliphatic heterocycles. The third-order valence-corrected chi connectivity index (χ3v) is 7.06. The molecular formula is C19H23NO4S2. The summed E-state index contributed by atoms with van der Waals surface area (Å²) in [4.78, 5) is 0.0241. The van der Waals surface area contributed by atoms with Crippen molar-refractivity contribution < 1.29 is 16.8 Å². The summed E-state index contributed by atoms with van der Waals surface area (Å²) in [6.07, 6.45) is 5.38. The SMILES string of the molecule is CS(=O)(=O)c1ccc(NCC2CCCc3ccccc32)c(S(C)(=O)=O)c1. The van der Waals surface area contributed by atoms with Gasteiger partial charge in [0, 0.05) is 25.0 Å². The maximum absolute atomic E-state index is 12.1. The van der Waals surface area contributed by atoms with E-state index in [2.05, 4.69) is 17.4 Å². The lowest BCUT2D eigenvalue weighted by atomic mass is 9.83. The molecule has 0 bridgehead atoms. The number of fused-ring (bicyclic) bond motifs is 1. The Kier molecular flexibility index (Phi) is 5.12. The Hall–Kier alpha value is -1.86. The molecule has 5 nitrogen and oxygen atoms in total. The summed E-state index contributed by atoms with van der Waals surface area (Å²) in [6.45, 7) is 0.609. The Morgan fingerprint density at radius 1 is 1.00 bits per heavy atom. The summed E-state index contributed by atoms with van der Waals surface area (Å²) < 4.78 is 47.8. The largest absolute Gasteiger partial charge is 0.383 e. The number of aryl methyl sites for hydroxylation is 1. The fourth-order valence-electron chi connectivity index (χ4n) is 3.49. The highest BCUT2D eigenvalue weighted by Crippen LogP contribution is 2.32. The van der Waals surface area contributed by atoms with Gasteiger partial charge in [-0.05, 0) is 48.6 Å². The van der Waals surface area contributed by atoms with E-state index in [9.17, 15) is 16.8 Å². The van der Waals surface area contributed by atoms with Gasteiger partial charge in [-0.15, -0.1) is 0 Å². The van der Waals surface area contributed by atoms with Gasteiger partial charge in [0.05, 0.1) is 15.5 Å². The molecule has 1 N–H and O–H groups in total. The highest BCUT2D eigenvalue weighted by molar-refractivity contribution is 7.91. The van der Waals surface area contributed by atoms with E-state index in [1.165, 1.54) is 23.3 Å². The number of rotatable bonds is 5. The van der Waals surface area contributed by atoms with Crippen LogP contribution in [-0.2, 0) is 26.1 Å². The van der Waals surface area contributed by atoms with Crippen molar-refractivity contribution in [1.29, 1.82) is 0 Å². The van der Waals surface area contributed by atoms with Crippen molar-refractivity contribution >= 4 is 25.4 Å². The van der Waals surface area contributed by atoms with E-state index in [-0.39, 0.29) is 9.79 Å². The topological polar surface area (TPSA) is 80.3 Å². The smallest absolute Gasteiger partial charge is 0.177 e. The Morgan fingerprint density at radius 3 is 2.42 bits per heavy atom. The third kappa shape index (κ3) is 4.10. The molecule has 1 atom stereocenters. The van der Waals surface area contributed by atoms with Gasteiger partial charge >= 0.3 is 0 Å². The lowest BCUT2D eigenvalue weighted by Crippen LogP contribution is -2.19. The zero-order valence-corrected chi connectivity index (χ0v) is 16.5. The Balaban J connectivity index is 1.89. The van der Waals surface area contributed by atoms with Crippen LogP contribution in [-0.4, -0.2) is 35.9 Å². The van der Waals surface area contributed by atoms with Crippen molar-refractivity contribution in [3.8, 4) is 0 Å². The summed E-state index contributed by atoms with van der Waals surface area (Å²) in [5, 5.41) is 3.24. The van der Waals surface area contributed by atoms with Crippen LogP contribution in [0, 0.1) is 0 Å². The first-order valence-corrected chi connectivity index (χ1v) is 12.3. The molecule has 0 amide bonds. The second-order valence-electron chi connectivity index (χ2n) is 6.87. The van der Waals surface area contributed by atoms with Gasteiger partial charge in [-0.3, -0.25) is 0 Å². The normalized spacial score (nSPS) is 17.5. The van der Waals surface area contributed by atoms with Crippen molar-refractivity contribution in [2.24, 2.45) is 0 Å². The monoisotopic (exact) mass is 393 g/mol. The maximum atomic E-state index is 12.1. The average Bonchev–Trinajstić information content (AvgIpc) is 2.58. The third-order valence-electron chi connectivity index (χ3n) is 4.81. The predicted octanol–water partition coefficient (Wildman–Crippen LogP) is 3.03. The predicted molar refractivity (Wildman–Crippen MR) is 103 cm³/mol. The number of anilines is 1. The first-order chi connectivity index (χ1) is 12.2. The van der Waals surface area contributed by atoms with Crippen molar-refractivity contribution in [2.75, 3.05) is 24.4 Å². The number of sulfone groups is 2. The van der Waals surface area contributed by atoms with E-state index in [4.69, 9.17) is 0 Å². The molecule has 0 spiro atoms. The fourth-order valence-corrected chi connectivity index (χ4v) is 5.09. The molecular weight excluding hydrogens is 370 g/mol. The minimum absolute atomic E-state index is 0.00601. The summed E-state index contributed by atoms with van der Waals surface area (Å²) >= 11 is 0. The highest BCUT2D eigenvalue weighted by atomic mass is 32.2. The zero-order chi connectivity index (χ0) is 18.9. The lowest BCUT2D eigenvalue weighted by Gasteiger charge is -2.26. The summed E-state index contributed by atoms with van der Waals surface area (Å²) in [5.74, 6) is 0.307. The highest BCUT2D eigenvalue weighted by Gasteiger charge is 2.22. The molecule has 1 aliphatic rings. The number of benzene rings is 2. The van der Waals surface area contributed by atoms with E-state index in [1.807, 2.05) is 12.1 Å². The minimum atomic E-state index is -3.56. The summed E-state index contributed by atoms with van der Waals surface area (Å²) in [5.41, 5.74) is 3.10. The van der Waals surface area contributed by atoms with Gasteiger partial charge in [0.15, 0.2) is 19.7 Å². The Morgan fingerprint density at radius 2 is 1.73 bits per heavy atom. The van der Waals surface area contributed by atoms with Gasteiger partial charge in [-0.25, -0.2) is 16.8 Å². The molecule has 0 radical (unpaired) electrons. The van der Waals surface area contributed by atoms with E-state index < -0.39 is 19.7 Å². The van der Waals surface area contributed by atoms with E-state index in [0.717, 1.165) is 31.8 Å². The minimum Gasteiger partial charge on any atom is -0.383 e. The van der Waals surface area contributed by atoms with Crippen LogP contribution in [0.5, 0.6) is 0 Å². The Labute approximate surface area is 155 Å².